The van der Waals surface area contributed by atoms with E-state index in [1.165, 1.54) is 4.90 Å². The normalized spacial score (nSPS) is 18.7. The molecule has 0 bridgehead atoms. The van der Waals surface area contributed by atoms with Crippen molar-refractivity contribution >= 4 is 17.4 Å². The topological polar surface area (TPSA) is 62.0 Å². The number of amides is 1. The summed E-state index contributed by atoms with van der Waals surface area (Å²) in [7, 11) is 4.12. The van der Waals surface area contributed by atoms with Crippen LogP contribution in [0.3, 0.4) is 0 Å². The lowest BCUT2D eigenvalue weighted by Gasteiger charge is -2.25. The van der Waals surface area contributed by atoms with Gasteiger partial charge in [-0.3, -0.25) is 9.59 Å². The van der Waals surface area contributed by atoms with Gasteiger partial charge in [0.05, 0.1) is 32.3 Å². The minimum absolute atomic E-state index is 0.0980. The molecule has 0 aliphatic carbocycles. The molecular weight excluding hydrogens is 364 g/mol. The van der Waals surface area contributed by atoms with Gasteiger partial charge in [-0.15, -0.1) is 0 Å². The van der Waals surface area contributed by atoms with Crippen molar-refractivity contribution in [2.24, 2.45) is 0 Å². The lowest BCUT2D eigenvalue weighted by Crippen LogP contribution is -3.05. The van der Waals surface area contributed by atoms with E-state index in [2.05, 4.69) is 14.1 Å². The summed E-state index contributed by atoms with van der Waals surface area (Å²) in [6.45, 7) is 5.19. The molecule has 29 heavy (non-hydrogen) atoms. The molecule has 0 saturated carbocycles. The first-order valence-corrected chi connectivity index (χ1v) is 10.0. The molecule has 1 amide bonds. The third-order valence-corrected chi connectivity index (χ3v) is 5.38. The maximum Gasteiger partial charge on any atom is 0.295 e. The molecular formula is C24H29N2O3+. The Balaban J connectivity index is 2.12. The molecule has 2 N–H and O–H groups in total. The van der Waals surface area contributed by atoms with Crippen LogP contribution >= 0.6 is 0 Å². The van der Waals surface area contributed by atoms with E-state index < -0.39 is 17.7 Å². The van der Waals surface area contributed by atoms with Crippen molar-refractivity contribution in [3.8, 4) is 0 Å². The molecule has 0 radical (unpaired) electrons. The van der Waals surface area contributed by atoms with Crippen molar-refractivity contribution in [3.05, 3.63) is 76.4 Å². The molecule has 3 rings (SSSR count). The third-order valence-electron chi connectivity index (χ3n) is 5.38. The van der Waals surface area contributed by atoms with E-state index in [1.54, 1.807) is 4.90 Å². The molecule has 1 atom stereocenters. The van der Waals surface area contributed by atoms with Gasteiger partial charge in [0.15, 0.2) is 0 Å². The molecule has 0 unspecified atom stereocenters. The fourth-order valence-electron chi connectivity index (χ4n) is 3.83. The number of aliphatic hydroxyl groups is 1. The summed E-state index contributed by atoms with van der Waals surface area (Å²) in [5.41, 5.74) is 3.45. The molecule has 1 fully saturated rings. The largest absolute Gasteiger partial charge is 0.507 e. The first kappa shape index (κ1) is 20.8. The van der Waals surface area contributed by atoms with Crippen molar-refractivity contribution in [1.29, 1.82) is 0 Å². The van der Waals surface area contributed by atoms with E-state index in [-0.39, 0.29) is 11.3 Å². The number of quaternary nitrogens is 1. The maximum absolute atomic E-state index is 13.0. The second kappa shape index (κ2) is 8.62. The Kier molecular flexibility index (Phi) is 6.18. The molecule has 5 nitrogen and oxygen atoms in total. The van der Waals surface area contributed by atoms with Crippen molar-refractivity contribution in [1.82, 2.24) is 4.90 Å². The first-order valence-electron chi connectivity index (χ1n) is 10.0. The summed E-state index contributed by atoms with van der Waals surface area (Å²) in [5.74, 6) is -1.26. The number of carbonyl (C=O) groups is 2. The molecule has 0 spiro atoms. The number of aryl methyl sites for hydroxylation is 2. The van der Waals surface area contributed by atoms with Crippen LogP contribution in [0.4, 0.5) is 0 Å². The highest BCUT2D eigenvalue weighted by molar-refractivity contribution is 6.46. The summed E-state index contributed by atoms with van der Waals surface area (Å²) in [6, 6.07) is 14.6. The lowest BCUT2D eigenvalue weighted by atomic mass is 9.93. The van der Waals surface area contributed by atoms with Gasteiger partial charge in [0.25, 0.3) is 11.7 Å². The monoisotopic (exact) mass is 393 g/mol. The standard InChI is InChI=1S/C24H28N2O3/c1-16-11-12-17(2)19(15-16)22(27)20-21(18-9-6-5-7-10-18)26(24(29)23(20)28)14-8-13-25(3)4/h5-7,9-12,15,21,27H,8,13-14H2,1-4H3/p+1/t21-/m1/s1. The summed E-state index contributed by atoms with van der Waals surface area (Å²) in [5, 5.41) is 11.2. The Morgan fingerprint density at radius 2 is 1.76 bits per heavy atom. The number of benzene rings is 2. The molecule has 2 aromatic carbocycles. The SMILES string of the molecule is Cc1ccc(C)c(C(O)=C2C(=O)C(=O)N(CCC[NH+](C)C)[C@@H]2c2ccccc2)c1. The van der Waals surface area contributed by atoms with Crippen LogP contribution < -0.4 is 4.90 Å². The Hall–Kier alpha value is -2.92. The second-order valence-corrected chi connectivity index (χ2v) is 8.03. The van der Waals surface area contributed by atoms with Gasteiger partial charge < -0.3 is 14.9 Å². The van der Waals surface area contributed by atoms with Gasteiger partial charge in [0.1, 0.15) is 5.76 Å². The van der Waals surface area contributed by atoms with E-state index in [4.69, 9.17) is 0 Å². The highest BCUT2D eigenvalue weighted by Gasteiger charge is 2.45. The highest BCUT2D eigenvalue weighted by Crippen LogP contribution is 2.39. The zero-order valence-electron chi connectivity index (χ0n) is 17.5. The third kappa shape index (κ3) is 4.25. The minimum atomic E-state index is -0.616. The van der Waals surface area contributed by atoms with Crippen LogP contribution in [0.2, 0.25) is 0 Å². The average molecular weight is 394 g/mol. The van der Waals surface area contributed by atoms with E-state index in [0.717, 1.165) is 29.7 Å². The second-order valence-electron chi connectivity index (χ2n) is 8.03. The predicted octanol–water partition coefficient (Wildman–Crippen LogP) is 2.26. The van der Waals surface area contributed by atoms with E-state index in [1.807, 2.05) is 62.4 Å². The molecule has 1 aliphatic heterocycles. The number of aliphatic hydroxyl groups excluding tert-OH is 1. The van der Waals surface area contributed by atoms with Crippen molar-refractivity contribution < 1.29 is 19.6 Å². The molecule has 5 heteroatoms. The summed E-state index contributed by atoms with van der Waals surface area (Å²) in [6.07, 6.45) is 0.780. The van der Waals surface area contributed by atoms with Crippen LogP contribution in [-0.4, -0.2) is 48.9 Å². The van der Waals surface area contributed by atoms with Crippen LogP contribution in [0.5, 0.6) is 0 Å². The number of carbonyl (C=O) groups excluding carboxylic acids is 2. The van der Waals surface area contributed by atoms with Gasteiger partial charge in [0.2, 0.25) is 0 Å². The average Bonchev–Trinajstić information content (AvgIpc) is 2.94. The van der Waals surface area contributed by atoms with Crippen LogP contribution in [0.1, 0.15) is 34.7 Å². The number of likely N-dealkylation sites (tertiary alicyclic amines) is 1. The number of nitrogens with one attached hydrogen (secondary N) is 1. The minimum Gasteiger partial charge on any atom is -0.507 e. The number of ketones is 1. The Morgan fingerprint density at radius 3 is 2.41 bits per heavy atom. The Bertz CT molecular complexity index is 948. The molecule has 1 aliphatic rings. The van der Waals surface area contributed by atoms with Crippen molar-refractivity contribution in [3.63, 3.8) is 0 Å². The fourth-order valence-corrected chi connectivity index (χ4v) is 3.83. The zero-order valence-corrected chi connectivity index (χ0v) is 17.5. The summed E-state index contributed by atoms with van der Waals surface area (Å²) >= 11 is 0. The van der Waals surface area contributed by atoms with Crippen LogP contribution in [-0.2, 0) is 9.59 Å². The van der Waals surface area contributed by atoms with Gasteiger partial charge in [0, 0.05) is 18.5 Å². The Morgan fingerprint density at radius 1 is 1.07 bits per heavy atom. The number of rotatable bonds is 6. The molecule has 2 aromatic rings. The van der Waals surface area contributed by atoms with Crippen molar-refractivity contribution in [2.45, 2.75) is 26.3 Å². The van der Waals surface area contributed by atoms with Gasteiger partial charge >= 0.3 is 0 Å². The quantitative estimate of drug-likeness (QED) is 0.450. The fraction of sp³-hybridized carbons (Fsp3) is 0.333. The van der Waals surface area contributed by atoms with Crippen LogP contribution in [0, 0.1) is 13.8 Å². The summed E-state index contributed by atoms with van der Waals surface area (Å²) < 4.78 is 0. The number of nitrogens with zero attached hydrogens (tertiary/aromatic N) is 1. The number of hydrogen-bond acceptors (Lipinski definition) is 3. The maximum atomic E-state index is 13.0. The van der Waals surface area contributed by atoms with Crippen molar-refractivity contribution in [2.75, 3.05) is 27.2 Å². The van der Waals surface area contributed by atoms with Crippen LogP contribution in [0.15, 0.2) is 54.1 Å². The summed E-state index contributed by atoms with van der Waals surface area (Å²) in [4.78, 5) is 28.8. The van der Waals surface area contributed by atoms with Gasteiger partial charge in [-0.05, 0) is 31.0 Å². The highest BCUT2D eigenvalue weighted by atomic mass is 16.3. The first-order chi connectivity index (χ1) is 13.8. The molecule has 0 aromatic heterocycles. The van der Waals surface area contributed by atoms with E-state index >= 15 is 0 Å². The van der Waals surface area contributed by atoms with E-state index in [9.17, 15) is 14.7 Å². The molecule has 152 valence electrons. The molecule has 1 heterocycles. The van der Waals surface area contributed by atoms with Crippen LogP contribution in [0.25, 0.3) is 5.76 Å². The Labute approximate surface area is 172 Å². The number of hydrogen-bond donors (Lipinski definition) is 2. The van der Waals surface area contributed by atoms with E-state index in [0.29, 0.717) is 12.1 Å². The lowest BCUT2D eigenvalue weighted by molar-refractivity contribution is -0.858. The smallest absolute Gasteiger partial charge is 0.295 e. The van der Waals surface area contributed by atoms with Gasteiger partial charge in [-0.2, -0.15) is 0 Å². The van der Waals surface area contributed by atoms with Gasteiger partial charge in [-0.25, -0.2) is 0 Å². The predicted molar refractivity (Wildman–Crippen MR) is 114 cm³/mol. The number of Topliss-reactive ketones (excluding diaryl/α,β-unsaturated/α-hetero) is 1. The zero-order chi connectivity index (χ0) is 21.1. The molecule has 1 saturated heterocycles. The van der Waals surface area contributed by atoms with Gasteiger partial charge in [-0.1, -0.05) is 48.0 Å².